The van der Waals surface area contributed by atoms with Gasteiger partial charge in [0.15, 0.2) is 0 Å². The average molecular weight is 360 g/mol. The molecule has 150 valence electrons. The lowest BCUT2D eigenvalue weighted by Gasteiger charge is -2.25. The van der Waals surface area contributed by atoms with Crippen LogP contribution >= 0.6 is 0 Å². The highest BCUT2D eigenvalue weighted by Gasteiger charge is 2.05. The van der Waals surface area contributed by atoms with Crippen molar-refractivity contribution in [2.75, 3.05) is 18.0 Å². The zero-order valence-electron chi connectivity index (χ0n) is 17.9. The molecule has 0 bridgehead atoms. The van der Waals surface area contributed by atoms with Crippen molar-refractivity contribution >= 4 is 5.69 Å². The molecule has 0 unspecified atom stereocenters. The Labute approximate surface area is 164 Å². The third kappa shape index (κ3) is 12.4. The van der Waals surface area contributed by atoms with E-state index in [2.05, 4.69) is 49.1 Å². The molecule has 0 spiro atoms. The molecule has 0 atom stereocenters. The van der Waals surface area contributed by atoms with Gasteiger partial charge >= 0.3 is 0 Å². The highest BCUT2D eigenvalue weighted by atomic mass is 15.1. The fraction of sp³-hybridized carbons (Fsp3) is 0.760. The van der Waals surface area contributed by atoms with E-state index in [1.807, 2.05) is 0 Å². The zero-order chi connectivity index (χ0) is 18.7. The molecule has 1 rings (SSSR count). The van der Waals surface area contributed by atoms with Crippen LogP contribution in [0.2, 0.25) is 0 Å². The highest BCUT2D eigenvalue weighted by molar-refractivity contribution is 5.45. The molecule has 1 heteroatoms. The van der Waals surface area contributed by atoms with Crippen LogP contribution in [0.1, 0.15) is 110 Å². The Hall–Kier alpha value is -0.980. The van der Waals surface area contributed by atoms with Crippen LogP contribution in [0.5, 0.6) is 0 Å². The van der Waals surface area contributed by atoms with Gasteiger partial charge in [0, 0.05) is 18.8 Å². The second kappa shape index (κ2) is 17.4. The van der Waals surface area contributed by atoms with Crippen LogP contribution in [-0.4, -0.2) is 13.1 Å². The SMILES string of the molecule is CCCCCCCCCCN(CCCCCCCCC)c1ccccc1. The summed E-state index contributed by atoms with van der Waals surface area (Å²) in [6, 6.07) is 11.1. The Morgan fingerprint density at radius 1 is 0.500 bits per heavy atom. The number of para-hydroxylation sites is 1. The summed E-state index contributed by atoms with van der Waals surface area (Å²) in [6.07, 6.45) is 21.0. The summed E-state index contributed by atoms with van der Waals surface area (Å²) in [5.41, 5.74) is 1.42. The number of hydrogen-bond donors (Lipinski definition) is 0. The summed E-state index contributed by atoms with van der Waals surface area (Å²) in [6.45, 7) is 7.05. The first-order chi connectivity index (χ1) is 12.9. The topological polar surface area (TPSA) is 3.24 Å². The van der Waals surface area contributed by atoms with Gasteiger partial charge in [-0.2, -0.15) is 0 Å². The number of anilines is 1. The van der Waals surface area contributed by atoms with Crippen molar-refractivity contribution in [3.63, 3.8) is 0 Å². The Bertz CT molecular complexity index is 386. The summed E-state index contributed by atoms with van der Waals surface area (Å²) < 4.78 is 0. The van der Waals surface area contributed by atoms with Gasteiger partial charge < -0.3 is 4.90 Å². The quantitative estimate of drug-likeness (QED) is 0.238. The molecular weight excluding hydrogens is 314 g/mol. The third-order valence-corrected chi connectivity index (χ3v) is 5.43. The summed E-state index contributed by atoms with van der Waals surface area (Å²) >= 11 is 0. The first-order valence-electron chi connectivity index (χ1n) is 11.7. The molecule has 1 aromatic carbocycles. The molecule has 1 nitrogen and oxygen atoms in total. The lowest BCUT2D eigenvalue weighted by Crippen LogP contribution is -2.25. The van der Waals surface area contributed by atoms with Crippen molar-refractivity contribution in [1.29, 1.82) is 0 Å². The molecule has 26 heavy (non-hydrogen) atoms. The van der Waals surface area contributed by atoms with Crippen LogP contribution in [0.15, 0.2) is 30.3 Å². The fourth-order valence-corrected chi connectivity index (χ4v) is 3.71. The number of rotatable bonds is 18. The van der Waals surface area contributed by atoms with E-state index in [1.54, 1.807) is 0 Å². The highest BCUT2D eigenvalue weighted by Crippen LogP contribution is 2.17. The standard InChI is InChI=1S/C25H45N/c1-3-5-7-9-11-13-15-20-24-26(25-21-17-16-18-22-25)23-19-14-12-10-8-6-4-2/h16-18,21-22H,3-15,19-20,23-24H2,1-2H3. The molecule has 0 aromatic heterocycles. The first kappa shape index (κ1) is 23.1. The molecule has 0 aliphatic rings. The number of nitrogens with zero attached hydrogens (tertiary/aromatic N) is 1. The van der Waals surface area contributed by atoms with Gasteiger partial charge in [-0.05, 0) is 25.0 Å². The van der Waals surface area contributed by atoms with Crippen LogP contribution in [0.4, 0.5) is 5.69 Å². The van der Waals surface area contributed by atoms with E-state index >= 15 is 0 Å². The van der Waals surface area contributed by atoms with E-state index < -0.39 is 0 Å². The van der Waals surface area contributed by atoms with Crippen LogP contribution in [-0.2, 0) is 0 Å². The Morgan fingerprint density at radius 3 is 1.31 bits per heavy atom. The smallest absolute Gasteiger partial charge is 0.0366 e. The number of benzene rings is 1. The molecule has 0 saturated heterocycles. The summed E-state index contributed by atoms with van der Waals surface area (Å²) in [7, 11) is 0. The van der Waals surface area contributed by atoms with Gasteiger partial charge in [0.2, 0.25) is 0 Å². The Kier molecular flexibility index (Phi) is 15.5. The van der Waals surface area contributed by atoms with Crippen molar-refractivity contribution in [1.82, 2.24) is 0 Å². The lowest BCUT2D eigenvalue weighted by atomic mass is 10.1. The molecule has 0 N–H and O–H groups in total. The molecule has 0 heterocycles. The predicted molar refractivity (Wildman–Crippen MR) is 119 cm³/mol. The van der Waals surface area contributed by atoms with Gasteiger partial charge in [0.25, 0.3) is 0 Å². The van der Waals surface area contributed by atoms with Crippen LogP contribution in [0.3, 0.4) is 0 Å². The largest absolute Gasteiger partial charge is 0.372 e. The predicted octanol–water partition coefficient (Wildman–Crippen LogP) is 8.38. The van der Waals surface area contributed by atoms with Gasteiger partial charge in [-0.15, -0.1) is 0 Å². The maximum atomic E-state index is 2.63. The van der Waals surface area contributed by atoms with Crippen LogP contribution < -0.4 is 4.90 Å². The van der Waals surface area contributed by atoms with Crippen molar-refractivity contribution < 1.29 is 0 Å². The maximum Gasteiger partial charge on any atom is 0.0366 e. The Morgan fingerprint density at radius 2 is 0.885 bits per heavy atom. The molecule has 0 radical (unpaired) electrons. The minimum atomic E-state index is 1.23. The lowest BCUT2D eigenvalue weighted by molar-refractivity contribution is 0.559. The average Bonchev–Trinajstić information content (AvgIpc) is 2.68. The van der Waals surface area contributed by atoms with Crippen molar-refractivity contribution in [3.05, 3.63) is 30.3 Å². The Balaban J connectivity index is 2.19. The van der Waals surface area contributed by atoms with Gasteiger partial charge in [-0.1, -0.05) is 116 Å². The summed E-state index contributed by atoms with van der Waals surface area (Å²) in [5.74, 6) is 0. The van der Waals surface area contributed by atoms with E-state index in [1.165, 1.54) is 115 Å². The first-order valence-corrected chi connectivity index (χ1v) is 11.7. The molecular formula is C25H45N. The van der Waals surface area contributed by atoms with E-state index in [-0.39, 0.29) is 0 Å². The second-order valence-electron chi connectivity index (χ2n) is 7.92. The van der Waals surface area contributed by atoms with E-state index in [4.69, 9.17) is 0 Å². The number of unbranched alkanes of at least 4 members (excludes halogenated alkanes) is 13. The second-order valence-corrected chi connectivity index (χ2v) is 7.92. The van der Waals surface area contributed by atoms with Gasteiger partial charge in [0.1, 0.15) is 0 Å². The summed E-state index contributed by atoms with van der Waals surface area (Å²) in [5, 5.41) is 0. The third-order valence-electron chi connectivity index (χ3n) is 5.43. The normalized spacial score (nSPS) is 11.0. The molecule has 1 aromatic rings. The minimum Gasteiger partial charge on any atom is -0.372 e. The minimum absolute atomic E-state index is 1.23. The van der Waals surface area contributed by atoms with E-state index in [0.29, 0.717) is 0 Å². The molecule has 0 aliphatic carbocycles. The zero-order valence-corrected chi connectivity index (χ0v) is 17.9. The van der Waals surface area contributed by atoms with Gasteiger partial charge in [0.05, 0.1) is 0 Å². The number of hydrogen-bond acceptors (Lipinski definition) is 1. The van der Waals surface area contributed by atoms with Crippen molar-refractivity contribution in [2.24, 2.45) is 0 Å². The molecule has 0 amide bonds. The molecule has 0 aliphatic heterocycles. The van der Waals surface area contributed by atoms with E-state index in [0.717, 1.165) is 0 Å². The van der Waals surface area contributed by atoms with Crippen molar-refractivity contribution in [3.8, 4) is 0 Å². The molecule has 0 saturated carbocycles. The van der Waals surface area contributed by atoms with Gasteiger partial charge in [-0.25, -0.2) is 0 Å². The summed E-state index contributed by atoms with van der Waals surface area (Å²) in [4.78, 5) is 2.63. The van der Waals surface area contributed by atoms with Crippen LogP contribution in [0, 0.1) is 0 Å². The van der Waals surface area contributed by atoms with Gasteiger partial charge in [-0.3, -0.25) is 0 Å². The van der Waals surface area contributed by atoms with E-state index in [9.17, 15) is 0 Å². The van der Waals surface area contributed by atoms with Crippen molar-refractivity contribution in [2.45, 2.75) is 110 Å². The molecule has 0 fully saturated rings. The van der Waals surface area contributed by atoms with Crippen LogP contribution in [0.25, 0.3) is 0 Å². The fourth-order valence-electron chi connectivity index (χ4n) is 3.71. The maximum absolute atomic E-state index is 2.63. The monoisotopic (exact) mass is 359 g/mol.